The van der Waals surface area contributed by atoms with Crippen molar-refractivity contribution in [3.05, 3.63) is 64.4 Å². The molecule has 0 aliphatic heterocycles. The molecule has 2 nitrogen and oxygen atoms in total. The first-order chi connectivity index (χ1) is 9.06. The molecule has 5 heteroatoms. The number of halogens is 3. The molecule has 0 aromatic heterocycles. The van der Waals surface area contributed by atoms with Crippen molar-refractivity contribution < 1.29 is 13.9 Å². The second-order valence-electron chi connectivity index (χ2n) is 3.83. The number of rotatable bonds is 4. The summed E-state index contributed by atoms with van der Waals surface area (Å²) in [5.74, 6) is 0.138. The lowest BCUT2D eigenvalue weighted by molar-refractivity contribution is 0.108. The number of hydrogen-bond acceptors (Lipinski definition) is 2. The second kappa shape index (κ2) is 6.04. The highest BCUT2D eigenvalue weighted by Crippen LogP contribution is 2.26. The van der Waals surface area contributed by atoms with E-state index in [2.05, 4.69) is 0 Å². The first-order valence-corrected chi connectivity index (χ1v) is 6.18. The third-order valence-corrected chi connectivity index (χ3v) is 2.98. The van der Waals surface area contributed by atoms with Gasteiger partial charge in [0.2, 0.25) is 0 Å². The van der Waals surface area contributed by atoms with Gasteiger partial charge < -0.3 is 4.74 Å². The van der Waals surface area contributed by atoms with E-state index in [1.54, 1.807) is 18.2 Å². The van der Waals surface area contributed by atoms with Gasteiger partial charge in [0.1, 0.15) is 18.2 Å². The van der Waals surface area contributed by atoms with Crippen LogP contribution in [0.25, 0.3) is 0 Å². The molecule has 2 rings (SSSR count). The fourth-order valence-electron chi connectivity index (χ4n) is 1.48. The molecule has 2 aromatic carbocycles. The van der Waals surface area contributed by atoms with Crippen LogP contribution < -0.4 is 4.74 Å². The normalized spacial score (nSPS) is 10.3. The van der Waals surface area contributed by atoms with E-state index in [0.717, 1.165) is 5.56 Å². The van der Waals surface area contributed by atoms with E-state index < -0.39 is 5.24 Å². The van der Waals surface area contributed by atoms with Gasteiger partial charge in [-0.15, -0.1) is 0 Å². The van der Waals surface area contributed by atoms with Crippen LogP contribution in [-0.4, -0.2) is 5.24 Å². The summed E-state index contributed by atoms with van der Waals surface area (Å²) in [7, 11) is 0. The largest absolute Gasteiger partial charge is 0.487 e. The lowest BCUT2D eigenvalue weighted by atomic mass is 10.2. The maximum absolute atomic E-state index is 12.7. The predicted octanol–water partition coefficient (Wildman–Crippen LogP) is 4.44. The van der Waals surface area contributed by atoms with Gasteiger partial charge in [-0.2, -0.15) is 0 Å². The van der Waals surface area contributed by atoms with Crippen LogP contribution in [0.2, 0.25) is 5.02 Å². The minimum atomic E-state index is -0.577. The van der Waals surface area contributed by atoms with Gasteiger partial charge in [-0.05, 0) is 47.5 Å². The molecule has 0 saturated carbocycles. The van der Waals surface area contributed by atoms with Crippen molar-refractivity contribution >= 4 is 28.4 Å². The summed E-state index contributed by atoms with van der Waals surface area (Å²) in [5, 5.41) is -0.277. The van der Waals surface area contributed by atoms with Gasteiger partial charge >= 0.3 is 0 Å². The lowest BCUT2D eigenvalue weighted by Crippen LogP contribution is -1.97. The highest BCUT2D eigenvalue weighted by Gasteiger charge is 2.07. The van der Waals surface area contributed by atoms with Crippen LogP contribution in [-0.2, 0) is 6.61 Å². The van der Waals surface area contributed by atoms with E-state index in [1.807, 2.05) is 0 Å². The maximum Gasteiger partial charge on any atom is 0.252 e. The molecule has 0 aliphatic rings. The van der Waals surface area contributed by atoms with Crippen LogP contribution in [0.1, 0.15) is 15.9 Å². The van der Waals surface area contributed by atoms with Crippen LogP contribution in [0, 0.1) is 5.82 Å². The lowest BCUT2D eigenvalue weighted by Gasteiger charge is -2.08. The second-order valence-corrected chi connectivity index (χ2v) is 4.58. The van der Waals surface area contributed by atoms with Gasteiger partial charge in [-0.1, -0.05) is 23.7 Å². The summed E-state index contributed by atoms with van der Waals surface area (Å²) in [5.41, 5.74) is 1.12. The quantitative estimate of drug-likeness (QED) is 0.780. The molecule has 0 saturated heterocycles. The van der Waals surface area contributed by atoms with E-state index in [1.165, 1.54) is 24.3 Å². The molecule has 98 valence electrons. The number of ether oxygens (including phenoxy) is 1. The van der Waals surface area contributed by atoms with Crippen LogP contribution >= 0.6 is 23.2 Å². The van der Waals surface area contributed by atoms with E-state index in [-0.39, 0.29) is 12.4 Å². The summed E-state index contributed by atoms with van der Waals surface area (Å²) in [4.78, 5) is 11.0. The molecule has 2 aromatic rings. The van der Waals surface area contributed by atoms with Crippen LogP contribution in [0.15, 0.2) is 42.5 Å². The van der Waals surface area contributed by atoms with Crippen molar-refractivity contribution in [2.75, 3.05) is 0 Å². The minimum Gasteiger partial charge on any atom is -0.487 e. The Morgan fingerprint density at radius 1 is 1.16 bits per heavy atom. The molecule has 0 spiro atoms. The highest BCUT2D eigenvalue weighted by molar-refractivity contribution is 6.67. The standard InChI is InChI=1S/C14H9Cl2FO2/c15-12-7-10(14(16)18)3-6-13(12)19-8-9-1-4-11(17)5-2-9/h1-7H,8H2. The average Bonchev–Trinajstić information content (AvgIpc) is 2.39. The Balaban J connectivity index is 2.07. The zero-order valence-corrected chi connectivity index (χ0v) is 11.2. The van der Waals surface area contributed by atoms with Gasteiger partial charge in [0.25, 0.3) is 5.24 Å². The zero-order valence-electron chi connectivity index (χ0n) is 9.70. The molecule has 0 heterocycles. The van der Waals surface area contributed by atoms with Crippen molar-refractivity contribution in [2.24, 2.45) is 0 Å². The molecule has 19 heavy (non-hydrogen) atoms. The van der Waals surface area contributed by atoms with E-state index >= 15 is 0 Å². The van der Waals surface area contributed by atoms with Crippen molar-refractivity contribution in [1.82, 2.24) is 0 Å². The molecular weight excluding hydrogens is 290 g/mol. The van der Waals surface area contributed by atoms with E-state index in [4.69, 9.17) is 27.9 Å². The van der Waals surface area contributed by atoms with Gasteiger partial charge in [0.05, 0.1) is 5.02 Å². The summed E-state index contributed by atoms with van der Waals surface area (Å²) in [6.45, 7) is 0.258. The van der Waals surface area contributed by atoms with Crippen LogP contribution in [0.3, 0.4) is 0 Å². The third-order valence-electron chi connectivity index (χ3n) is 2.47. The molecule has 0 atom stereocenters. The molecule has 0 amide bonds. The number of carbonyl (C=O) groups is 1. The summed E-state index contributed by atoms with van der Waals surface area (Å²) in [6.07, 6.45) is 0. The molecule has 0 N–H and O–H groups in total. The zero-order chi connectivity index (χ0) is 13.8. The molecular formula is C14H9Cl2FO2. The Hall–Kier alpha value is -1.58. The third kappa shape index (κ3) is 3.69. The molecule has 0 aliphatic carbocycles. The molecule has 0 unspecified atom stereocenters. The Morgan fingerprint density at radius 2 is 1.84 bits per heavy atom. The SMILES string of the molecule is O=C(Cl)c1ccc(OCc2ccc(F)cc2)c(Cl)c1. The van der Waals surface area contributed by atoms with Gasteiger partial charge in [0, 0.05) is 5.56 Å². The van der Waals surface area contributed by atoms with E-state index in [9.17, 15) is 9.18 Å². The Morgan fingerprint density at radius 3 is 2.42 bits per heavy atom. The van der Waals surface area contributed by atoms with Crippen LogP contribution in [0.5, 0.6) is 5.75 Å². The summed E-state index contributed by atoms with van der Waals surface area (Å²) in [6, 6.07) is 10.5. The van der Waals surface area contributed by atoms with Crippen molar-refractivity contribution in [3.63, 3.8) is 0 Å². The fourth-order valence-corrected chi connectivity index (χ4v) is 1.83. The first-order valence-electron chi connectivity index (χ1n) is 5.43. The average molecular weight is 299 g/mol. The molecule has 0 radical (unpaired) electrons. The highest BCUT2D eigenvalue weighted by atomic mass is 35.5. The smallest absolute Gasteiger partial charge is 0.252 e. The Bertz CT molecular complexity index is 597. The monoisotopic (exact) mass is 298 g/mol. The predicted molar refractivity (Wildman–Crippen MR) is 72.4 cm³/mol. The van der Waals surface area contributed by atoms with Crippen molar-refractivity contribution in [2.45, 2.75) is 6.61 Å². The molecule has 0 bridgehead atoms. The molecule has 0 fully saturated rings. The van der Waals surface area contributed by atoms with E-state index in [0.29, 0.717) is 16.3 Å². The number of carbonyl (C=O) groups excluding carboxylic acids is 1. The number of benzene rings is 2. The number of hydrogen-bond donors (Lipinski definition) is 0. The van der Waals surface area contributed by atoms with Gasteiger partial charge in [-0.3, -0.25) is 4.79 Å². The minimum absolute atomic E-state index is 0.258. The van der Waals surface area contributed by atoms with Gasteiger partial charge in [-0.25, -0.2) is 4.39 Å². The van der Waals surface area contributed by atoms with Gasteiger partial charge in [0.15, 0.2) is 0 Å². The Kier molecular flexibility index (Phi) is 4.40. The van der Waals surface area contributed by atoms with Crippen LogP contribution in [0.4, 0.5) is 4.39 Å². The Labute approximate surface area is 119 Å². The maximum atomic E-state index is 12.7. The topological polar surface area (TPSA) is 26.3 Å². The summed E-state index contributed by atoms with van der Waals surface area (Å²) < 4.78 is 18.2. The first kappa shape index (κ1) is 13.8. The van der Waals surface area contributed by atoms with Crippen molar-refractivity contribution in [3.8, 4) is 5.75 Å². The van der Waals surface area contributed by atoms with Crippen molar-refractivity contribution in [1.29, 1.82) is 0 Å². The summed E-state index contributed by atoms with van der Waals surface area (Å²) >= 11 is 11.3. The fraction of sp³-hybridized carbons (Fsp3) is 0.0714.